The van der Waals surface area contributed by atoms with E-state index in [-0.39, 0.29) is 5.97 Å². The molecule has 0 spiro atoms. The molecule has 140 valence electrons. The predicted octanol–water partition coefficient (Wildman–Crippen LogP) is 3.90. The molecule has 3 rings (SSSR count). The number of nitrogens with zero attached hydrogens (tertiary/aromatic N) is 2. The predicted molar refractivity (Wildman–Crippen MR) is 106 cm³/mol. The molecule has 27 heavy (non-hydrogen) atoms. The van der Waals surface area contributed by atoms with Crippen LogP contribution >= 0.6 is 11.3 Å². The Morgan fingerprint density at radius 3 is 2.63 bits per heavy atom. The summed E-state index contributed by atoms with van der Waals surface area (Å²) in [6.45, 7) is 3.26. The summed E-state index contributed by atoms with van der Waals surface area (Å²) in [5, 5.41) is 0.810. The van der Waals surface area contributed by atoms with Gasteiger partial charge in [-0.25, -0.2) is 9.78 Å². The summed E-state index contributed by atoms with van der Waals surface area (Å²) in [5.74, 6) is -0.149. The highest BCUT2D eigenvalue weighted by molar-refractivity contribution is 7.22. The van der Waals surface area contributed by atoms with Crippen molar-refractivity contribution in [1.29, 1.82) is 0 Å². The van der Waals surface area contributed by atoms with Gasteiger partial charge in [0.2, 0.25) is 0 Å². The van der Waals surface area contributed by atoms with Crippen molar-refractivity contribution in [2.24, 2.45) is 0 Å². The van der Waals surface area contributed by atoms with Crippen molar-refractivity contribution in [2.45, 2.75) is 13.3 Å². The van der Waals surface area contributed by atoms with Gasteiger partial charge in [0.25, 0.3) is 0 Å². The second kappa shape index (κ2) is 8.64. The summed E-state index contributed by atoms with van der Waals surface area (Å²) in [4.78, 5) is 30.4. The van der Waals surface area contributed by atoms with Crippen LogP contribution in [-0.2, 0) is 9.53 Å². The third-order valence-corrected chi connectivity index (χ3v) is 5.11. The molecule has 0 aliphatic heterocycles. The number of thiazole rings is 1. The van der Waals surface area contributed by atoms with Crippen molar-refractivity contribution in [3.05, 3.63) is 54.1 Å². The van der Waals surface area contributed by atoms with E-state index < -0.39 is 5.97 Å². The van der Waals surface area contributed by atoms with Crippen LogP contribution in [0.1, 0.15) is 23.7 Å². The monoisotopic (exact) mass is 384 g/mol. The largest absolute Gasteiger partial charge is 0.469 e. The number of carbonyl (C=O) groups is 2. The minimum absolute atomic E-state index is 0.250. The van der Waals surface area contributed by atoms with Gasteiger partial charge in [-0.15, -0.1) is 0 Å². The lowest BCUT2D eigenvalue weighted by Gasteiger charge is -2.18. The van der Waals surface area contributed by atoms with Gasteiger partial charge < -0.3 is 14.4 Å². The SMILES string of the molecule is CCN(CCC(=O)OC)c1nc2ccc(C(=O)Oc3ccccc3)cc2s1. The molecule has 1 aromatic heterocycles. The molecule has 0 aliphatic carbocycles. The van der Waals surface area contributed by atoms with Crippen molar-refractivity contribution in [2.75, 3.05) is 25.1 Å². The van der Waals surface area contributed by atoms with Crippen LogP contribution in [0.15, 0.2) is 48.5 Å². The molecule has 0 atom stereocenters. The first-order valence-electron chi connectivity index (χ1n) is 8.60. The standard InChI is InChI=1S/C20H20N2O4S/c1-3-22(12-11-18(23)25-2)20-21-16-10-9-14(13-17(16)27-20)19(24)26-15-7-5-4-6-8-15/h4-10,13H,3,11-12H2,1-2H3. The Hall–Kier alpha value is -2.93. The van der Waals surface area contributed by atoms with E-state index >= 15 is 0 Å². The number of para-hydroxylation sites is 1. The minimum atomic E-state index is -0.406. The van der Waals surface area contributed by atoms with Crippen LogP contribution in [0.3, 0.4) is 0 Å². The number of carbonyl (C=O) groups excluding carboxylic acids is 2. The number of anilines is 1. The summed E-state index contributed by atoms with van der Waals surface area (Å²) in [6, 6.07) is 14.3. The van der Waals surface area contributed by atoms with Crippen LogP contribution in [0, 0.1) is 0 Å². The fourth-order valence-electron chi connectivity index (χ4n) is 2.55. The van der Waals surface area contributed by atoms with Gasteiger partial charge in [-0.3, -0.25) is 4.79 Å². The highest BCUT2D eigenvalue weighted by Crippen LogP contribution is 2.30. The normalized spacial score (nSPS) is 10.6. The van der Waals surface area contributed by atoms with Crippen LogP contribution in [0.25, 0.3) is 10.2 Å². The topological polar surface area (TPSA) is 68.7 Å². The maximum atomic E-state index is 12.4. The number of hydrogen-bond donors (Lipinski definition) is 0. The zero-order chi connectivity index (χ0) is 19.2. The maximum absolute atomic E-state index is 12.4. The van der Waals surface area contributed by atoms with E-state index in [2.05, 4.69) is 4.98 Å². The summed E-state index contributed by atoms with van der Waals surface area (Å²) in [6.07, 6.45) is 0.301. The number of methoxy groups -OCH3 is 1. The van der Waals surface area contributed by atoms with Crippen molar-refractivity contribution < 1.29 is 19.1 Å². The van der Waals surface area contributed by atoms with Crippen molar-refractivity contribution in [1.82, 2.24) is 4.98 Å². The Labute approximate surface area is 161 Å². The van der Waals surface area contributed by atoms with Crippen LogP contribution in [0.2, 0.25) is 0 Å². The molecule has 0 aliphatic rings. The van der Waals surface area contributed by atoms with Gasteiger partial charge in [-0.1, -0.05) is 29.5 Å². The molecule has 0 bridgehead atoms. The van der Waals surface area contributed by atoms with Crippen molar-refractivity contribution in [3.63, 3.8) is 0 Å². The summed E-state index contributed by atoms with van der Waals surface area (Å²) in [5.41, 5.74) is 1.28. The number of esters is 2. The Balaban J connectivity index is 1.77. The molecule has 0 unspecified atom stereocenters. The van der Waals surface area contributed by atoms with Crippen LogP contribution in [-0.4, -0.2) is 37.1 Å². The minimum Gasteiger partial charge on any atom is -0.469 e. The molecule has 2 aromatic carbocycles. The fraction of sp³-hybridized carbons (Fsp3) is 0.250. The number of fused-ring (bicyclic) bond motifs is 1. The first kappa shape index (κ1) is 18.8. The van der Waals surface area contributed by atoms with Crippen LogP contribution < -0.4 is 9.64 Å². The highest BCUT2D eigenvalue weighted by atomic mass is 32.1. The van der Waals surface area contributed by atoms with E-state index in [1.807, 2.05) is 36.1 Å². The average molecular weight is 384 g/mol. The molecular formula is C20H20N2O4S. The molecular weight excluding hydrogens is 364 g/mol. The lowest BCUT2D eigenvalue weighted by atomic mass is 10.2. The Morgan fingerprint density at radius 1 is 1.15 bits per heavy atom. The van der Waals surface area contributed by atoms with Gasteiger partial charge >= 0.3 is 11.9 Å². The first-order chi connectivity index (χ1) is 13.1. The third kappa shape index (κ3) is 4.62. The second-order valence-corrected chi connectivity index (χ2v) is 6.80. The number of ether oxygens (including phenoxy) is 2. The quantitative estimate of drug-likeness (QED) is 0.454. The molecule has 3 aromatic rings. The zero-order valence-electron chi connectivity index (χ0n) is 15.2. The van der Waals surface area contributed by atoms with E-state index in [9.17, 15) is 9.59 Å². The van der Waals surface area contributed by atoms with Crippen molar-refractivity contribution in [3.8, 4) is 5.75 Å². The van der Waals surface area contributed by atoms with Crippen molar-refractivity contribution >= 4 is 38.6 Å². The van der Waals surface area contributed by atoms with Gasteiger partial charge in [0, 0.05) is 13.1 Å². The molecule has 0 amide bonds. The van der Waals surface area contributed by atoms with Crippen LogP contribution in [0.5, 0.6) is 5.75 Å². The Kier molecular flexibility index (Phi) is 6.03. The molecule has 0 saturated heterocycles. The molecule has 0 saturated carbocycles. The van der Waals surface area contributed by atoms with Crippen LogP contribution in [0.4, 0.5) is 5.13 Å². The van der Waals surface area contributed by atoms with Gasteiger partial charge in [0.1, 0.15) is 5.75 Å². The van der Waals surface area contributed by atoms with Gasteiger partial charge in [-0.2, -0.15) is 0 Å². The molecule has 0 N–H and O–H groups in total. The lowest BCUT2D eigenvalue weighted by molar-refractivity contribution is -0.140. The van der Waals surface area contributed by atoms with E-state index in [4.69, 9.17) is 9.47 Å². The van der Waals surface area contributed by atoms with Gasteiger partial charge in [-0.05, 0) is 37.3 Å². The van der Waals surface area contributed by atoms with Gasteiger partial charge in [0.05, 0.1) is 29.3 Å². The molecule has 6 nitrogen and oxygen atoms in total. The molecule has 0 radical (unpaired) electrons. The zero-order valence-corrected chi connectivity index (χ0v) is 16.0. The molecule has 0 fully saturated rings. The number of aromatic nitrogens is 1. The Morgan fingerprint density at radius 2 is 1.93 bits per heavy atom. The maximum Gasteiger partial charge on any atom is 0.343 e. The fourth-order valence-corrected chi connectivity index (χ4v) is 3.64. The van der Waals surface area contributed by atoms with E-state index in [0.29, 0.717) is 24.3 Å². The van der Waals surface area contributed by atoms with E-state index in [1.165, 1.54) is 18.4 Å². The molecule has 7 heteroatoms. The summed E-state index contributed by atoms with van der Waals surface area (Å²) >= 11 is 1.48. The van der Waals surface area contributed by atoms with Gasteiger partial charge in [0.15, 0.2) is 5.13 Å². The lowest BCUT2D eigenvalue weighted by Crippen LogP contribution is -2.25. The summed E-state index contributed by atoms with van der Waals surface area (Å²) < 4.78 is 11.0. The summed E-state index contributed by atoms with van der Waals surface area (Å²) in [7, 11) is 1.38. The molecule has 1 heterocycles. The number of hydrogen-bond acceptors (Lipinski definition) is 7. The Bertz CT molecular complexity index is 940. The average Bonchev–Trinajstić information content (AvgIpc) is 3.12. The number of benzene rings is 2. The first-order valence-corrected chi connectivity index (χ1v) is 9.42. The second-order valence-electron chi connectivity index (χ2n) is 5.79. The highest BCUT2D eigenvalue weighted by Gasteiger charge is 2.15. The number of rotatable bonds is 7. The van der Waals surface area contributed by atoms with E-state index in [1.54, 1.807) is 24.3 Å². The third-order valence-electron chi connectivity index (χ3n) is 4.03. The van der Waals surface area contributed by atoms with E-state index in [0.717, 1.165) is 21.9 Å². The smallest absolute Gasteiger partial charge is 0.343 e.